The van der Waals surface area contributed by atoms with Crippen LogP contribution in [0, 0.1) is 0 Å². The van der Waals surface area contributed by atoms with Crippen molar-refractivity contribution in [2.75, 3.05) is 26.2 Å². The summed E-state index contributed by atoms with van der Waals surface area (Å²) in [4.78, 5) is 0. The van der Waals surface area contributed by atoms with Crippen LogP contribution in [0.15, 0.2) is 0 Å². The van der Waals surface area contributed by atoms with Gasteiger partial charge in [-0.1, -0.05) is 24.1 Å². The predicted octanol–water partition coefficient (Wildman–Crippen LogP) is 3.42. The van der Waals surface area contributed by atoms with Gasteiger partial charge in [0.05, 0.1) is 0 Å². The van der Waals surface area contributed by atoms with Crippen LogP contribution >= 0.6 is 16.9 Å². The van der Waals surface area contributed by atoms with Crippen molar-refractivity contribution in [1.82, 2.24) is 9.34 Å². The van der Waals surface area contributed by atoms with Crippen molar-refractivity contribution in [3.05, 3.63) is 0 Å². The van der Waals surface area contributed by atoms with Crippen molar-refractivity contribution in [2.24, 2.45) is 0 Å². The normalized spacial score (nSPS) is 26.7. The largest absolute Gasteiger partial charge is 0.252 e. The maximum atomic E-state index is 6.67. The average molecular weight is 267 g/mol. The molecule has 0 atom stereocenters. The monoisotopic (exact) mass is 266 g/mol. The zero-order chi connectivity index (χ0) is 10.7. The highest BCUT2D eigenvalue weighted by atomic mass is 35.7. The van der Waals surface area contributed by atoms with Gasteiger partial charge in [-0.25, -0.2) is 0 Å². The number of rotatable bonds is 2. The summed E-state index contributed by atoms with van der Waals surface area (Å²) < 4.78 is 4.78. The van der Waals surface area contributed by atoms with Crippen molar-refractivity contribution in [1.29, 1.82) is 0 Å². The van der Waals surface area contributed by atoms with Crippen LogP contribution in [0.3, 0.4) is 0 Å². The molecule has 0 bridgehead atoms. The predicted molar refractivity (Wildman–Crippen MR) is 71.0 cm³/mol. The Balaban J connectivity index is 1.99. The van der Waals surface area contributed by atoms with Gasteiger partial charge in [0.1, 0.15) is 0 Å². The lowest BCUT2D eigenvalue weighted by molar-refractivity contribution is 0.316. The van der Waals surface area contributed by atoms with Gasteiger partial charge in [-0.15, -0.1) is 0 Å². The average Bonchev–Trinajstić information content (AvgIpc) is 2.31. The molecule has 0 radical (unpaired) electrons. The van der Waals surface area contributed by atoms with Crippen molar-refractivity contribution >= 4 is 28.7 Å². The van der Waals surface area contributed by atoms with E-state index in [2.05, 4.69) is 9.34 Å². The summed E-state index contributed by atoms with van der Waals surface area (Å²) in [6.07, 6.45) is 7.81. The molecule has 2 aliphatic rings. The Morgan fingerprint density at radius 2 is 1.07 bits per heavy atom. The molecule has 0 spiro atoms. The summed E-state index contributed by atoms with van der Waals surface area (Å²) in [5.41, 5.74) is -1.87. The van der Waals surface area contributed by atoms with E-state index in [0.717, 1.165) is 26.2 Å². The minimum Gasteiger partial charge on any atom is -0.252 e. The van der Waals surface area contributed by atoms with Crippen molar-refractivity contribution in [3.8, 4) is 0 Å². The van der Waals surface area contributed by atoms with E-state index in [-0.39, 0.29) is 0 Å². The molecule has 5 heteroatoms. The Morgan fingerprint density at radius 3 is 1.40 bits per heavy atom. The topological polar surface area (TPSA) is 6.48 Å². The minimum absolute atomic E-state index is 1.12. The molecule has 2 saturated heterocycles. The summed E-state index contributed by atoms with van der Waals surface area (Å²) in [7, 11) is 0. The van der Waals surface area contributed by atoms with Gasteiger partial charge < -0.3 is 0 Å². The molecule has 0 aromatic rings. The zero-order valence-electron chi connectivity index (χ0n) is 9.20. The second-order valence-corrected chi connectivity index (χ2v) is 10.1. The SMILES string of the molecule is S=P(Cl)(N1CCCCC1)N1CCCCC1. The van der Waals surface area contributed by atoms with E-state index in [4.69, 9.17) is 23.0 Å². The fourth-order valence-electron chi connectivity index (χ4n) is 2.43. The lowest BCUT2D eigenvalue weighted by atomic mass is 10.2. The number of hydrogen-bond acceptors (Lipinski definition) is 1. The molecule has 0 N–H and O–H groups in total. The standard InChI is InChI=1S/C10H20ClN2PS/c11-14(15,12-7-3-1-4-8-12)13-9-5-2-6-10-13/h1-10H2. The Hall–Kier alpha value is 0.860. The first kappa shape index (κ1) is 12.3. The summed E-state index contributed by atoms with van der Waals surface area (Å²) in [6, 6.07) is 0. The van der Waals surface area contributed by atoms with Gasteiger partial charge in [0.15, 0.2) is 5.69 Å². The molecule has 0 saturated carbocycles. The van der Waals surface area contributed by atoms with Crippen LogP contribution in [0.4, 0.5) is 0 Å². The number of halogens is 1. The van der Waals surface area contributed by atoms with Crippen LogP contribution in [0.1, 0.15) is 38.5 Å². The smallest absolute Gasteiger partial charge is 0.164 e. The molecule has 2 nitrogen and oxygen atoms in total. The molecular formula is C10H20ClN2PS. The van der Waals surface area contributed by atoms with Crippen molar-refractivity contribution in [2.45, 2.75) is 38.5 Å². The number of piperidine rings is 2. The number of nitrogens with zero attached hydrogens (tertiary/aromatic N) is 2. The van der Waals surface area contributed by atoms with E-state index in [1.807, 2.05) is 0 Å². The van der Waals surface area contributed by atoms with Crippen LogP contribution < -0.4 is 0 Å². The van der Waals surface area contributed by atoms with E-state index < -0.39 is 5.69 Å². The first-order valence-electron chi connectivity index (χ1n) is 6.02. The quantitative estimate of drug-likeness (QED) is 0.707. The van der Waals surface area contributed by atoms with E-state index >= 15 is 0 Å². The molecular weight excluding hydrogens is 247 g/mol. The molecule has 0 aromatic carbocycles. The Bertz CT molecular complexity index is 228. The molecule has 0 aliphatic carbocycles. The first-order chi connectivity index (χ1) is 7.21. The van der Waals surface area contributed by atoms with Gasteiger partial charge in [0.2, 0.25) is 0 Å². The minimum atomic E-state index is -1.87. The molecule has 2 heterocycles. The summed E-state index contributed by atoms with van der Waals surface area (Å²) in [5.74, 6) is 0. The Morgan fingerprint density at radius 1 is 0.733 bits per heavy atom. The fourth-order valence-corrected chi connectivity index (χ4v) is 6.22. The molecule has 0 aromatic heterocycles. The Kier molecular flexibility index (Phi) is 4.49. The molecule has 0 unspecified atom stereocenters. The molecule has 2 rings (SSSR count). The van der Waals surface area contributed by atoms with E-state index in [9.17, 15) is 0 Å². The van der Waals surface area contributed by atoms with Gasteiger partial charge in [0, 0.05) is 26.2 Å². The highest BCUT2D eigenvalue weighted by molar-refractivity contribution is 8.24. The molecule has 2 fully saturated rings. The van der Waals surface area contributed by atoms with Crippen LogP contribution in [0.25, 0.3) is 0 Å². The third kappa shape index (κ3) is 2.95. The molecule has 15 heavy (non-hydrogen) atoms. The van der Waals surface area contributed by atoms with Crippen LogP contribution in [-0.4, -0.2) is 35.5 Å². The zero-order valence-corrected chi connectivity index (χ0v) is 11.7. The van der Waals surface area contributed by atoms with Gasteiger partial charge in [-0.2, -0.15) is 0 Å². The summed E-state index contributed by atoms with van der Waals surface area (Å²) in [6.45, 7) is 4.49. The first-order valence-corrected chi connectivity index (χ1v) is 9.63. The highest BCUT2D eigenvalue weighted by Gasteiger charge is 2.31. The third-order valence-corrected chi connectivity index (χ3v) is 8.23. The lowest BCUT2D eigenvalue weighted by Gasteiger charge is -2.41. The fraction of sp³-hybridized carbons (Fsp3) is 1.00. The van der Waals surface area contributed by atoms with Crippen LogP contribution in [0.2, 0.25) is 0 Å². The van der Waals surface area contributed by atoms with E-state index in [1.165, 1.54) is 38.5 Å². The second kappa shape index (κ2) is 5.46. The molecule has 2 aliphatic heterocycles. The van der Waals surface area contributed by atoms with Gasteiger partial charge in [-0.3, -0.25) is 9.34 Å². The highest BCUT2D eigenvalue weighted by Crippen LogP contribution is 2.59. The Labute approximate surface area is 103 Å². The number of hydrogen-bond donors (Lipinski definition) is 0. The maximum absolute atomic E-state index is 6.67. The van der Waals surface area contributed by atoms with Gasteiger partial charge in [0.25, 0.3) is 0 Å². The third-order valence-electron chi connectivity index (χ3n) is 3.36. The van der Waals surface area contributed by atoms with Gasteiger partial charge >= 0.3 is 0 Å². The lowest BCUT2D eigenvalue weighted by Crippen LogP contribution is -2.35. The van der Waals surface area contributed by atoms with Crippen molar-refractivity contribution < 1.29 is 0 Å². The summed E-state index contributed by atoms with van der Waals surface area (Å²) in [5, 5.41) is 0. The molecule has 88 valence electrons. The van der Waals surface area contributed by atoms with Crippen LogP contribution in [0.5, 0.6) is 0 Å². The maximum Gasteiger partial charge on any atom is 0.164 e. The summed E-state index contributed by atoms with van der Waals surface area (Å²) >= 11 is 12.4. The van der Waals surface area contributed by atoms with Gasteiger partial charge in [-0.05, 0) is 37.5 Å². The van der Waals surface area contributed by atoms with Crippen LogP contribution in [-0.2, 0) is 11.8 Å². The van der Waals surface area contributed by atoms with E-state index in [0.29, 0.717) is 0 Å². The molecule has 0 amide bonds. The second-order valence-electron chi connectivity index (χ2n) is 4.50. The van der Waals surface area contributed by atoms with Crippen molar-refractivity contribution in [3.63, 3.8) is 0 Å². The van der Waals surface area contributed by atoms with E-state index in [1.54, 1.807) is 0 Å².